The molecule has 1 N–H and O–H groups in total. The van der Waals surface area contributed by atoms with Crippen LogP contribution in [0.5, 0.6) is 0 Å². The Bertz CT molecular complexity index is 458. The van der Waals surface area contributed by atoms with E-state index in [0.29, 0.717) is 12.2 Å². The van der Waals surface area contributed by atoms with Gasteiger partial charge in [-0.2, -0.15) is 0 Å². The van der Waals surface area contributed by atoms with Gasteiger partial charge in [0.2, 0.25) is 0 Å². The summed E-state index contributed by atoms with van der Waals surface area (Å²) >= 11 is 0. The molecule has 3 heteroatoms. The maximum Gasteiger partial charge on any atom is 0.338 e. The Morgan fingerprint density at radius 3 is 2.80 bits per heavy atom. The lowest BCUT2D eigenvalue weighted by Crippen LogP contribution is -2.08. The van der Waals surface area contributed by atoms with Crippen molar-refractivity contribution >= 4 is 5.97 Å². The highest BCUT2D eigenvalue weighted by Crippen LogP contribution is 2.47. The molecule has 3 nitrogen and oxygen atoms in total. The second kappa shape index (κ2) is 2.61. The fourth-order valence-corrected chi connectivity index (χ4v) is 2.24. The van der Waals surface area contributed by atoms with Gasteiger partial charge in [-0.15, -0.1) is 0 Å². The number of carbonyl (C=O) groups is 1. The van der Waals surface area contributed by atoms with Gasteiger partial charge in [0.15, 0.2) is 0 Å². The summed E-state index contributed by atoms with van der Waals surface area (Å²) in [5, 5.41) is 10.1. The number of rotatable bonds is 1. The summed E-state index contributed by atoms with van der Waals surface area (Å²) in [7, 11) is 0. The molecule has 0 amide bonds. The molecule has 3 rings (SSSR count). The molecule has 1 aliphatic carbocycles. The standard InChI is InChI=1S/C12H12O3/c1-7-9-6-15-11(13)8(9)2-3-10(7)12(14)4-5-12/h2-3,14H,4-6H2,1H3. The van der Waals surface area contributed by atoms with E-state index in [-0.39, 0.29) is 5.97 Å². The van der Waals surface area contributed by atoms with Gasteiger partial charge in [0.05, 0.1) is 11.2 Å². The zero-order chi connectivity index (χ0) is 10.6. The second-order valence-electron chi connectivity index (χ2n) is 4.37. The largest absolute Gasteiger partial charge is 0.457 e. The zero-order valence-corrected chi connectivity index (χ0v) is 8.54. The summed E-state index contributed by atoms with van der Waals surface area (Å²) in [5.41, 5.74) is 2.93. The zero-order valence-electron chi connectivity index (χ0n) is 8.54. The monoisotopic (exact) mass is 204 g/mol. The fourth-order valence-electron chi connectivity index (χ4n) is 2.24. The molecule has 0 saturated heterocycles. The molecule has 15 heavy (non-hydrogen) atoms. The number of esters is 1. The van der Waals surface area contributed by atoms with E-state index in [1.165, 1.54) is 0 Å². The first-order chi connectivity index (χ1) is 7.12. The minimum absolute atomic E-state index is 0.248. The average Bonchev–Trinajstić information content (AvgIpc) is 2.83. The topological polar surface area (TPSA) is 46.5 Å². The molecule has 0 spiro atoms. The fraction of sp³-hybridized carbons (Fsp3) is 0.417. The van der Waals surface area contributed by atoms with Crippen LogP contribution in [-0.4, -0.2) is 11.1 Å². The van der Waals surface area contributed by atoms with Crippen LogP contribution in [0.2, 0.25) is 0 Å². The molecular formula is C12H12O3. The van der Waals surface area contributed by atoms with E-state index < -0.39 is 5.60 Å². The highest BCUT2D eigenvalue weighted by molar-refractivity contribution is 5.94. The number of ether oxygens (including phenoxy) is 1. The molecule has 0 bridgehead atoms. The third-order valence-electron chi connectivity index (χ3n) is 3.39. The van der Waals surface area contributed by atoms with Crippen LogP contribution in [-0.2, 0) is 16.9 Å². The smallest absolute Gasteiger partial charge is 0.338 e. The molecule has 0 aromatic heterocycles. The van der Waals surface area contributed by atoms with Gasteiger partial charge in [-0.25, -0.2) is 4.79 Å². The highest BCUT2D eigenvalue weighted by Gasteiger charge is 2.44. The van der Waals surface area contributed by atoms with Gasteiger partial charge in [0.25, 0.3) is 0 Å². The van der Waals surface area contributed by atoms with Gasteiger partial charge in [-0.3, -0.25) is 0 Å². The first kappa shape index (κ1) is 8.92. The van der Waals surface area contributed by atoms with Crippen LogP contribution in [0.15, 0.2) is 12.1 Å². The quantitative estimate of drug-likeness (QED) is 0.707. The SMILES string of the molecule is Cc1c(C2(O)CC2)ccc2c1COC2=O. The average molecular weight is 204 g/mol. The molecule has 78 valence electrons. The summed E-state index contributed by atoms with van der Waals surface area (Å²) in [6, 6.07) is 3.62. The van der Waals surface area contributed by atoms with E-state index in [1.807, 2.05) is 13.0 Å². The van der Waals surface area contributed by atoms with Crippen molar-refractivity contribution in [3.8, 4) is 0 Å². The number of hydrogen-bond acceptors (Lipinski definition) is 3. The van der Waals surface area contributed by atoms with Crippen molar-refractivity contribution in [2.75, 3.05) is 0 Å². The third-order valence-corrected chi connectivity index (χ3v) is 3.39. The van der Waals surface area contributed by atoms with Gasteiger partial charge < -0.3 is 9.84 Å². The van der Waals surface area contributed by atoms with Crippen LogP contribution >= 0.6 is 0 Å². The Balaban J connectivity index is 2.18. The van der Waals surface area contributed by atoms with Gasteiger partial charge in [0, 0.05) is 5.56 Å². The Kier molecular flexibility index (Phi) is 1.55. The predicted octanol–water partition coefficient (Wildman–Crippen LogP) is 1.65. The predicted molar refractivity (Wildman–Crippen MR) is 53.4 cm³/mol. The summed E-state index contributed by atoms with van der Waals surface area (Å²) in [6.45, 7) is 2.30. The number of fused-ring (bicyclic) bond motifs is 1. The van der Waals surface area contributed by atoms with Crippen LogP contribution < -0.4 is 0 Å². The summed E-state index contributed by atoms with van der Waals surface area (Å²) in [4.78, 5) is 11.3. The number of hydrogen-bond donors (Lipinski definition) is 1. The Morgan fingerprint density at radius 1 is 1.40 bits per heavy atom. The molecule has 1 saturated carbocycles. The van der Waals surface area contributed by atoms with Crippen LogP contribution in [0.1, 0.15) is 39.9 Å². The maximum absolute atomic E-state index is 11.3. The lowest BCUT2D eigenvalue weighted by atomic mass is 9.94. The van der Waals surface area contributed by atoms with E-state index in [2.05, 4.69) is 0 Å². The molecule has 1 aromatic rings. The first-order valence-electron chi connectivity index (χ1n) is 5.14. The Hall–Kier alpha value is -1.35. The van der Waals surface area contributed by atoms with Crippen molar-refractivity contribution in [1.29, 1.82) is 0 Å². The normalized spacial score (nSPS) is 21.1. The van der Waals surface area contributed by atoms with E-state index in [4.69, 9.17) is 4.74 Å². The Morgan fingerprint density at radius 2 is 2.13 bits per heavy atom. The molecule has 1 heterocycles. The second-order valence-corrected chi connectivity index (χ2v) is 4.37. The van der Waals surface area contributed by atoms with Gasteiger partial charge in [-0.1, -0.05) is 6.07 Å². The van der Waals surface area contributed by atoms with Crippen molar-refractivity contribution in [3.05, 3.63) is 34.4 Å². The molecule has 0 atom stereocenters. The van der Waals surface area contributed by atoms with Gasteiger partial charge >= 0.3 is 5.97 Å². The minimum atomic E-state index is -0.634. The molecule has 1 fully saturated rings. The van der Waals surface area contributed by atoms with E-state index >= 15 is 0 Å². The number of benzene rings is 1. The maximum atomic E-state index is 11.3. The first-order valence-corrected chi connectivity index (χ1v) is 5.14. The molecular weight excluding hydrogens is 192 g/mol. The van der Waals surface area contributed by atoms with Crippen LogP contribution in [0, 0.1) is 6.92 Å². The van der Waals surface area contributed by atoms with Crippen molar-refractivity contribution in [2.24, 2.45) is 0 Å². The molecule has 0 unspecified atom stereocenters. The molecule has 0 radical (unpaired) electrons. The lowest BCUT2D eigenvalue weighted by molar-refractivity contribution is 0.0535. The third kappa shape index (κ3) is 1.13. The van der Waals surface area contributed by atoms with Crippen LogP contribution in [0.4, 0.5) is 0 Å². The van der Waals surface area contributed by atoms with Crippen LogP contribution in [0.25, 0.3) is 0 Å². The minimum Gasteiger partial charge on any atom is -0.457 e. The van der Waals surface area contributed by atoms with E-state index in [9.17, 15) is 9.90 Å². The number of carbonyl (C=O) groups excluding carboxylic acids is 1. The van der Waals surface area contributed by atoms with Crippen molar-refractivity contribution in [3.63, 3.8) is 0 Å². The number of aliphatic hydroxyl groups is 1. The van der Waals surface area contributed by atoms with Gasteiger partial charge in [-0.05, 0) is 37.0 Å². The highest BCUT2D eigenvalue weighted by atomic mass is 16.5. The Labute approximate surface area is 87.7 Å². The van der Waals surface area contributed by atoms with E-state index in [1.54, 1.807) is 6.07 Å². The lowest BCUT2D eigenvalue weighted by Gasteiger charge is -2.13. The van der Waals surface area contributed by atoms with Gasteiger partial charge in [0.1, 0.15) is 6.61 Å². The summed E-state index contributed by atoms with van der Waals surface area (Å²) < 4.78 is 4.97. The van der Waals surface area contributed by atoms with Crippen molar-refractivity contribution in [2.45, 2.75) is 32.0 Å². The molecule has 2 aliphatic rings. The molecule has 1 aromatic carbocycles. The summed E-state index contributed by atoms with van der Waals surface area (Å²) in [6.07, 6.45) is 1.64. The molecule has 1 aliphatic heterocycles. The van der Waals surface area contributed by atoms with Crippen LogP contribution in [0.3, 0.4) is 0 Å². The summed E-state index contributed by atoms with van der Waals surface area (Å²) in [5.74, 6) is -0.248. The van der Waals surface area contributed by atoms with E-state index in [0.717, 1.165) is 29.5 Å². The van der Waals surface area contributed by atoms with Crippen molar-refractivity contribution < 1.29 is 14.6 Å². The van der Waals surface area contributed by atoms with Crippen molar-refractivity contribution in [1.82, 2.24) is 0 Å². The number of cyclic esters (lactones) is 1.